The largest absolute Gasteiger partial charge is 1.00 e. The van der Waals surface area contributed by atoms with Gasteiger partial charge in [-0.25, -0.2) is 4.57 Å². The van der Waals surface area contributed by atoms with Crippen molar-refractivity contribution in [2.45, 2.75) is 45.6 Å². The van der Waals surface area contributed by atoms with E-state index >= 15 is 0 Å². The van der Waals surface area contributed by atoms with Crippen molar-refractivity contribution in [2.75, 3.05) is 18.1 Å². The standard InChI is InChI=1S/C21H31N4.BrH/c1-2-3-4-8-15-24-17-12-20(13-18-24)19-23-25(16-9-14-22)21-10-6-5-7-11-21;/h5-7,10-13,17-19H,2-4,8-9,14-16,22H2,1H3;1H/q+1;/p-1. The molecule has 1 heterocycles. The van der Waals surface area contributed by atoms with Crippen LogP contribution in [0.25, 0.3) is 0 Å². The molecule has 0 spiro atoms. The first kappa shape index (κ1) is 22.3. The van der Waals surface area contributed by atoms with Crippen LogP contribution in [-0.2, 0) is 6.54 Å². The van der Waals surface area contributed by atoms with Crippen molar-refractivity contribution < 1.29 is 21.5 Å². The molecule has 2 aromatic rings. The number of nitrogens with two attached hydrogens (primary N) is 1. The van der Waals surface area contributed by atoms with Crippen molar-refractivity contribution >= 4 is 11.9 Å². The van der Waals surface area contributed by atoms with Crippen LogP contribution in [0.1, 0.15) is 44.6 Å². The first-order valence-corrected chi connectivity index (χ1v) is 9.39. The molecule has 0 bridgehead atoms. The van der Waals surface area contributed by atoms with Crippen LogP contribution in [0.4, 0.5) is 5.69 Å². The number of unbranched alkanes of at least 4 members (excludes halogenated alkanes) is 3. The summed E-state index contributed by atoms with van der Waals surface area (Å²) in [5, 5.41) is 6.67. The number of hydrazone groups is 1. The van der Waals surface area contributed by atoms with Crippen LogP contribution in [-0.4, -0.2) is 19.3 Å². The molecule has 0 aliphatic rings. The van der Waals surface area contributed by atoms with Gasteiger partial charge in [-0.3, -0.25) is 5.01 Å². The molecule has 0 aliphatic carbocycles. The zero-order valence-electron chi connectivity index (χ0n) is 15.7. The van der Waals surface area contributed by atoms with Gasteiger partial charge in [0.25, 0.3) is 0 Å². The summed E-state index contributed by atoms with van der Waals surface area (Å²) in [6.07, 6.45) is 12.3. The highest BCUT2D eigenvalue weighted by Gasteiger charge is 2.04. The fourth-order valence-corrected chi connectivity index (χ4v) is 2.66. The summed E-state index contributed by atoms with van der Waals surface area (Å²) in [7, 11) is 0. The van der Waals surface area contributed by atoms with Gasteiger partial charge in [-0.15, -0.1) is 0 Å². The summed E-state index contributed by atoms with van der Waals surface area (Å²) in [5.74, 6) is 0. The van der Waals surface area contributed by atoms with Gasteiger partial charge in [0.05, 0.1) is 11.9 Å². The molecule has 26 heavy (non-hydrogen) atoms. The molecule has 0 radical (unpaired) electrons. The van der Waals surface area contributed by atoms with Gasteiger partial charge >= 0.3 is 0 Å². The van der Waals surface area contributed by atoms with E-state index in [0.717, 1.165) is 30.8 Å². The highest BCUT2D eigenvalue weighted by Crippen LogP contribution is 2.13. The normalized spacial score (nSPS) is 10.7. The molecular weight excluding hydrogens is 388 g/mol. The van der Waals surface area contributed by atoms with E-state index in [1.165, 1.54) is 25.7 Å². The van der Waals surface area contributed by atoms with Crippen LogP contribution in [0.3, 0.4) is 0 Å². The number of aromatic nitrogens is 1. The third-order valence-corrected chi connectivity index (χ3v) is 4.16. The predicted octanol–water partition coefficient (Wildman–Crippen LogP) is 0.748. The zero-order chi connectivity index (χ0) is 17.7. The number of anilines is 1. The van der Waals surface area contributed by atoms with E-state index in [1.807, 2.05) is 29.4 Å². The number of halogens is 1. The summed E-state index contributed by atoms with van der Waals surface area (Å²) in [6, 6.07) is 14.5. The van der Waals surface area contributed by atoms with Gasteiger partial charge in [-0.05, 0) is 31.5 Å². The van der Waals surface area contributed by atoms with Gasteiger partial charge < -0.3 is 22.7 Å². The van der Waals surface area contributed by atoms with Gasteiger partial charge in [-0.1, -0.05) is 38.0 Å². The van der Waals surface area contributed by atoms with Gasteiger partial charge in [0.2, 0.25) is 0 Å². The molecule has 5 heteroatoms. The summed E-state index contributed by atoms with van der Waals surface area (Å²) in [6.45, 7) is 4.82. The summed E-state index contributed by atoms with van der Waals surface area (Å²) in [5.41, 5.74) is 7.86. The Morgan fingerprint density at radius 2 is 1.73 bits per heavy atom. The highest BCUT2D eigenvalue weighted by molar-refractivity contribution is 5.79. The number of nitrogens with zero attached hydrogens (tertiary/aromatic N) is 3. The van der Waals surface area contributed by atoms with Crippen LogP contribution in [0.2, 0.25) is 0 Å². The topological polar surface area (TPSA) is 45.5 Å². The quantitative estimate of drug-likeness (QED) is 0.253. The summed E-state index contributed by atoms with van der Waals surface area (Å²) >= 11 is 0. The lowest BCUT2D eigenvalue weighted by Crippen LogP contribution is -3.00. The van der Waals surface area contributed by atoms with Crippen molar-refractivity contribution in [2.24, 2.45) is 10.8 Å². The van der Waals surface area contributed by atoms with Gasteiger partial charge in [0.1, 0.15) is 6.54 Å². The maximum Gasteiger partial charge on any atom is 0.169 e. The maximum atomic E-state index is 5.66. The van der Waals surface area contributed by atoms with Crippen LogP contribution < -0.4 is 32.3 Å². The number of para-hydroxylation sites is 1. The molecular formula is C21H31BrN4. The van der Waals surface area contributed by atoms with Gasteiger partial charge in [0, 0.05) is 30.7 Å². The molecule has 0 fully saturated rings. The van der Waals surface area contributed by atoms with E-state index in [2.05, 4.69) is 53.3 Å². The number of pyridine rings is 1. The molecule has 0 saturated carbocycles. The Balaban J connectivity index is 0.00000338. The van der Waals surface area contributed by atoms with Crippen LogP contribution in [0.5, 0.6) is 0 Å². The molecule has 0 unspecified atom stereocenters. The zero-order valence-corrected chi connectivity index (χ0v) is 17.3. The minimum atomic E-state index is 0. The second-order valence-electron chi connectivity index (χ2n) is 6.28. The minimum Gasteiger partial charge on any atom is -1.00 e. The van der Waals surface area contributed by atoms with Gasteiger partial charge in [0.15, 0.2) is 12.4 Å². The van der Waals surface area contributed by atoms with Crippen molar-refractivity contribution in [3.63, 3.8) is 0 Å². The van der Waals surface area contributed by atoms with Crippen LogP contribution in [0.15, 0.2) is 60.0 Å². The number of benzene rings is 1. The molecule has 0 saturated heterocycles. The van der Waals surface area contributed by atoms with Crippen molar-refractivity contribution in [3.8, 4) is 0 Å². The van der Waals surface area contributed by atoms with Crippen molar-refractivity contribution in [1.82, 2.24) is 0 Å². The molecule has 1 aromatic carbocycles. The smallest absolute Gasteiger partial charge is 0.169 e. The first-order chi connectivity index (χ1) is 12.3. The Morgan fingerprint density at radius 1 is 1.00 bits per heavy atom. The monoisotopic (exact) mass is 418 g/mol. The molecule has 2 N–H and O–H groups in total. The number of rotatable bonds is 11. The van der Waals surface area contributed by atoms with E-state index in [0.29, 0.717) is 6.54 Å². The maximum absolute atomic E-state index is 5.66. The lowest BCUT2D eigenvalue weighted by molar-refractivity contribution is -0.697. The van der Waals surface area contributed by atoms with Crippen molar-refractivity contribution in [3.05, 3.63) is 60.4 Å². The first-order valence-electron chi connectivity index (χ1n) is 9.39. The Kier molecular flexibility index (Phi) is 11.6. The third kappa shape index (κ3) is 8.11. The third-order valence-electron chi connectivity index (χ3n) is 4.16. The molecule has 0 amide bonds. The van der Waals surface area contributed by atoms with E-state index < -0.39 is 0 Å². The van der Waals surface area contributed by atoms with Crippen LogP contribution in [0, 0.1) is 0 Å². The molecule has 0 aliphatic heterocycles. The molecule has 4 nitrogen and oxygen atoms in total. The van der Waals surface area contributed by atoms with E-state index in [1.54, 1.807) is 0 Å². The average Bonchev–Trinajstić information content (AvgIpc) is 2.67. The van der Waals surface area contributed by atoms with Crippen LogP contribution >= 0.6 is 0 Å². The average molecular weight is 419 g/mol. The fourth-order valence-electron chi connectivity index (χ4n) is 2.66. The Labute approximate surface area is 168 Å². The number of hydrogen-bond acceptors (Lipinski definition) is 3. The predicted molar refractivity (Wildman–Crippen MR) is 106 cm³/mol. The molecule has 0 atom stereocenters. The molecule has 142 valence electrons. The lowest BCUT2D eigenvalue weighted by atomic mass is 10.2. The Bertz CT molecular complexity index is 614. The van der Waals surface area contributed by atoms with Crippen molar-refractivity contribution in [1.29, 1.82) is 0 Å². The molecule has 2 rings (SSSR count). The fraction of sp³-hybridized carbons (Fsp3) is 0.429. The SMILES string of the molecule is CCCCCC[n+]1ccc(/C=N/N(CCCN)c2ccccc2)cc1.[Br-]. The Hall–Kier alpha value is -1.72. The summed E-state index contributed by atoms with van der Waals surface area (Å²) < 4.78 is 2.25. The van der Waals surface area contributed by atoms with E-state index in [9.17, 15) is 0 Å². The molecule has 1 aromatic heterocycles. The number of aryl methyl sites for hydroxylation is 1. The van der Waals surface area contributed by atoms with E-state index in [4.69, 9.17) is 5.73 Å². The highest BCUT2D eigenvalue weighted by atomic mass is 79.9. The minimum absolute atomic E-state index is 0. The lowest BCUT2D eigenvalue weighted by Gasteiger charge is -2.18. The second-order valence-corrected chi connectivity index (χ2v) is 6.28. The Morgan fingerprint density at radius 3 is 2.38 bits per heavy atom. The number of hydrogen-bond donors (Lipinski definition) is 1. The van der Waals surface area contributed by atoms with Gasteiger partial charge in [-0.2, -0.15) is 5.10 Å². The second kappa shape index (κ2) is 13.5. The van der Waals surface area contributed by atoms with E-state index in [-0.39, 0.29) is 17.0 Å². The summed E-state index contributed by atoms with van der Waals surface area (Å²) in [4.78, 5) is 0.